The summed E-state index contributed by atoms with van der Waals surface area (Å²) in [4.78, 5) is 28.0. The molecule has 1 aliphatic rings. The van der Waals surface area contributed by atoms with Gasteiger partial charge in [0.2, 0.25) is 0 Å². The van der Waals surface area contributed by atoms with E-state index in [2.05, 4.69) is 16.9 Å². The lowest BCUT2D eigenvalue weighted by Gasteiger charge is -2.34. The van der Waals surface area contributed by atoms with Crippen LogP contribution in [0, 0.1) is 5.41 Å². The molecule has 1 aliphatic carbocycles. The number of benzene rings is 1. The van der Waals surface area contributed by atoms with Crippen molar-refractivity contribution >= 4 is 11.0 Å². The number of aromatic nitrogens is 2. The predicted octanol–water partition coefficient (Wildman–Crippen LogP) is 2.19. The Labute approximate surface area is 122 Å². The summed E-state index contributed by atoms with van der Waals surface area (Å²) in [7, 11) is 0. The molecule has 21 heavy (non-hydrogen) atoms. The molecule has 0 saturated heterocycles. The molecule has 1 fully saturated rings. The number of rotatable bonds is 3. The van der Waals surface area contributed by atoms with Crippen molar-refractivity contribution < 1.29 is 0 Å². The number of nitrogens with two attached hydrogens (primary N) is 1. The highest BCUT2D eigenvalue weighted by Gasteiger charge is 2.38. The zero-order chi connectivity index (χ0) is 15.0. The minimum atomic E-state index is -0.626. The van der Waals surface area contributed by atoms with Crippen molar-refractivity contribution in [1.29, 1.82) is 0 Å². The average Bonchev–Trinajstić information content (AvgIpc) is 2.97. The average molecular weight is 287 g/mol. The van der Waals surface area contributed by atoms with Crippen molar-refractivity contribution in [3.63, 3.8) is 0 Å². The minimum absolute atomic E-state index is 0.0372. The van der Waals surface area contributed by atoms with Gasteiger partial charge in [0.15, 0.2) is 0 Å². The molecule has 0 bridgehead atoms. The summed E-state index contributed by atoms with van der Waals surface area (Å²) in [6, 6.07) is 5.63. The molecule has 112 valence electrons. The van der Waals surface area contributed by atoms with Crippen molar-refractivity contribution in [2.75, 3.05) is 0 Å². The maximum atomic E-state index is 11.5. The molecule has 4 N–H and O–H groups in total. The summed E-state index contributed by atoms with van der Waals surface area (Å²) >= 11 is 0. The molecule has 2 aromatic rings. The molecule has 0 amide bonds. The quantitative estimate of drug-likeness (QED) is 0.756. The van der Waals surface area contributed by atoms with E-state index in [0.29, 0.717) is 11.0 Å². The summed E-state index contributed by atoms with van der Waals surface area (Å²) in [5, 5.41) is 0. The molecule has 1 aromatic heterocycles. The normalized spacial score (nSPS) is 19.0. The van der Waals surface area contributed by atoms with E-state index in [-0.39, 0.29) is 11.5 Å². The Hall–Kier alpha value is -1.88. The first-order valence-corrected chi connectivity index (χ1v) is 7.57. The van der Waals surface area contributed by atoms with Crippen LogP contribution in [0.4, 0.5) is 0 Å². The SMILES string of the molecule is CCC1(C(N)c2ccc3[nH]c(=O)c(=O)[nH]c3c2)CCCC1. The fraction of sp³-hybridized carbons (Fsp3) is 0.500. The zero-order valence-corrected chi connectivity index (χ0v) is 12.2. The highest BCUT2D eigenvalue weighted by atomic mass is 16.2. The molecule has 0 spiro atoms. The molecule has 5 nitrogen and oxygen atoms in total. The topological polar surface area (TPSA) is 91.7 Å². The Morgan fingerprint density at radius 3 is 2.38 bits per heavy atom. The minimum Gasteiger partial charge on any atom is -0.323 e. The molecule has 1 aromatic carbocycles. The van der Waals surface area contributed by atoms with Gasteiger partial charge in [-0.2, -0.15) is 0 Å². The molecule has 5 heteroatoms. The van der Waals surface area contributed by atoms with Crippen molar-refractivity contribution in [3.05, 3.63) is 44.5 Å². The highest BCUT2D eigenvalue weighted by Crippen LogP contribution is 2.48. The third-order valence-electron chi connectivity index (χ3n) is 5.07. The largest absolute Gasteiger partial charge is 0.323 e. The molecule has 0 radical (unpaired) electrons. The van der Waals surface area contributed by atoms with Crippen LogP contribution in [-0.2, 0) is 0 Å². The van der Waals surface area contributed by atoms with Gasteiger partial charge >= 0.3 is 11.1 Å². The standard InChI is InChI=1S/C16H21N3O2/c1-2-16(7-3-4-8-16)13(17)10-5-6-11-12(9-10)19-15(21)14(20)18-11/h5-6,9,13H,2-4,7-8,17H2,1H3,(H,18,20)(H,19,21). The molecule has 3 rings (SSSR count). The summed E-state index contributed by atoms with van der Waals surface area (Å²) in [5.74, 6) is 0. The first kappa shape index (κ1) is 14.1. The molecular formula is C16H21N3O2. The monoisotopic (exact) mass is 287 g/mol. The highest BCUT2D eigenvalue weighted by molar-refractivity contribution is 5.74. The lowest BCUT2D eigenvalue weighted by atomic mass is 9.74. The van der Waals surface area contributed by atoms with Gasteiger partial charge in [-0.15, -0.1) is 0 Å². The van der Waals surface area contributed by atoms with Gasteiger partial charge in [0.25, 0.3) is 0 Å². The maximum absolute atomic E-state index is 11.5. The van der Waals surface area contributed by atoms with E-state index in [1.165, 1.54) is 12.8 Å². The van der Waals surface area contributed by atoms with E-state index in [0.717, 1.165) is 24.8 Å². The van der Waals surface area contributed by atoms with E-state index in [1.54, 1.807) is 0 Å². The third kappa shape index (κ3) is 2.31. The lowest BCUT2D eigenvalue weighted by Crippen LogP contribution is -2.32. The molecule has 0 aliphatic heterocycles. The number of H-pyrrole nitrogens is 2. The van der Waals surface area contributed by atoms with E-state index in [4.69, 9.17) is 5.73 Å². The Bertz CT molecular complexity index is 769. The van der Waals surface area contributed by atoms with Crippen LogP contribution in [0.2, 0.25) is 0 Å². The first-order valence-electron chi connectivity index (χ1n) is 7.57. The van der Waals surface area contributed by atoms with E-state index in [1.807, 2.05) is 18.2 Å². The van der Waals surface area contributed by atoms with Crippen LogP contribution in [0.1, 0.15) is 50.6 Å². The predicted molar refractivity (Wildman–Crippen MR) is 83.3 cm³/mol. The smallest absolute Gasteiger partial charge is 0.314 e. The van der Waals surface area contributed by atoms with E-state index >= 15 is 0 Å². The molecular weight excluding hydrogens is 266 g/mol. The molecule has 1 atom stereocenters. The van der Waals surface area contributed by atoms with Crippen molar-refractivity contribution in [2.45, 2.75) is 45.1 Å². The van der Waals surface area contributed by atoms with Crippen LogP contribution in [-0.4, -0.2) is 9.97 Å². The number of hydrogen-bond donors (Lipinski definition) is 3. The number of aromatic amines is 2. The van der Waals surface area contributed by atoms with Gasteiger partial charge in [0.05, 0.1) is 11.0 Å². The second-order valence-corrected chi connectivity index (χ2v) is 6.11. The van der Waals surface area contributed by atoms with Crippen LogP contribution in [0.5, 0.6) is 0 Å². The zero-order valence-electron chi connectivity index (χ0n) is 12.2. The van der Waals surface area contributed by atoms with Gasteiger partial charge in [0.1, 0.15) is 0 Å². The van der Waals surface area contributed by atoms with Gasteiger partial charge in [-0.05, 0) is 42.4 Å². The van der Waals surface area contributed by atoms with Crippen molar-refractivity contribution in [1.82, 2.24) is 9.97 Å². The fourth-order valence-corrected chi connectivity index (χ4v) is 3.64. The van der Waals surface area contributed by atoms with Crippen LogP contribution < -0.4 is 16.9 Å². The lowest BCUT2D eigenvalue weighted by molar-refractivity contribution is 0.222. The molecule has 1 saturated carbocycles. The Kier molecular flexibility index (Phi) is 3.45. The van der Waals surface area contributed by atoms with Crippen molar-refractivity contribution in [2.24, 2.45) is 11.1 Å². The number of hydrogen-bond acceptors (Lipinski definition) is 3. The van der Waals surface area contributed by atoms with Crippen LogP contribution in [0.25, 0.3) is 11.0 Å². The van der Waals surface area contributed by atoms with Gasteiger partial charge < -0.3 is 15.7 Å². The summed E-state index contributed by atoms with van der Waals surface area (Å²) < 4.78 is 0. The Morgan fingerprint density at radius 2 is 1.76 bits per heavy atom. The second-order valence-electron chi connectivity index (χ2n) is 6.11. The van der Waals surface area contributed by atoms with Gasteiger partial charge in [-0.25, -0.2) is 0 Å². The molecule has 1 unspecified atom stereocenters. The van der Waals surface area contributed by atoms with Gasteiger partial charge in [-0.3, -0.25) is 9.59 Å². The fourth-order valence-electron chi connectivity index (χ4n) is 3.64. The number of nitrogens with one attached hydrogen (secondary N) is 2. The van der Waals surface area contributed by atoms with Gasteiger partial charge in [-0.1, -0.05) is 25.8 Å². The Balaban J connectivity index is 2.06. The van der Waals surface area contributed by atoms with Crippen LogP contribution in [0.3, 0.4) is 0 Å². The summed E-state index contributed by atoms with van der Waals surface area (Å²) in [6.45, 7) is 2.20. The third-order valence-corrected chi connectivity index (χ3v) is 5.07. The van der Waals surface area contributed by atoms with E-state index in [9.17, 15) is 9.59 Å². The van der Waals surface area contributed by atoms with Crippen molar-refractivity contribution in [3.8, 4) is 0 Å². The van der Waals surface area contributed by atoms with Gasteiger partial charge in [0, 0.05) is 6.04 Å². The second kappa shape index (κ2) is 5.15. The van der Waals surface area contributed by atoms with Crippen LogP contribution >= 0.6 is 0 Å². The number of fused-ring (bicyclic) bond motifs is 1. The van der Waals surface area contributed by atoms with E-state index < -0.39 is 11.1 Å². The maximum Gasteiger partial charge on any atom is 0.314 e. The Morgan fingerprint density at radius 1 is 1.14 bits per heavy atom. The molecule has 1 heterocycles. The summed E-state index contributed by atoms with van der Waals surface area (Å²) in [6.07, 6.45) is 5.85. The van der Waals surface area contributed by atoms with Crippen LogP contribution in [0.15, 0.2) is 27.8 Å². The first-order chi connectivity index (χ1) is 10.1. The summed E-state index contributed by atoms with van der Waals surface area (Å²) in [5.41, 5.74) is 7.74.